The van der Waals surface area contributed by atoms with E-state index in [1.54, 1.807) is 0 Å². The lowest BCUT2D eigenvalue weighted by atomic mass is 10.2. The second-order valence-electron chi connectivity index (χ2n) is 4.65. The van der Waals surface area contributed by atoms with E-state index in [4.69, 9.17) is 0 Å². The summed E-state index contributed by atoms with van der Waals surface area (Å²) >= 11 is 0. The quantitative estimate of drug-likeness (QED) is 0.730. The van der Waals surface area contributed by atoms with Gasteiger partial charge in [0.05, 0.1) is 11.2 Å². The van der Waals surface area contributed by atoms with E-state index in [1.807, 2.05) is 6.92 Å². The normalized spacial score (nSPS) is 11.6. The monoisotopic (exact) mass is 227 g/mol. The first-order valence-corrected chi connectivity index (χ1v) is 6.24. The molecule has 0 aliphatic carbocycles. The third-order valence-corrected chi connectivity index (χ3v) is 3.20. The summed E-state index contributed by atoms with van der Waals surface area (Å²) in [5, 5.41) is 1.23. The Morgan fingerprint density at radius 2 is 2.29 bits per heavy atom. The molecule has 0 radical (unpaired) electrons. The first kappa shape index (κ1) is 10.4. The molecule has 3 aromatic rings. The number of hydrogen-bond acceptors (Lipinski definition) is 1. The lowest BCUT2D eigenvalue weighted by molar-refractivity contribution is 0.782. The second-order valence-corrected chi connectivity index (χ2v) is 4.65. The predicted octanol–water partition coefficient (Wildman–Crippen LogP) is 3.47. The van der Waals surface area contributed by atoms with Crippen LogP contribution < -0.4 is 0 Å². The van der Waals surface area contributed by atoms with Gasteiger partial charge < -0.3 is 9.38 Å². The summed E-state index contributed by atoms with van der Waals surface area (Å²) in [5.41, 5.74) is 4.62. The van der Waals surface area contributed by atoms with Gasteiger partial charge in [-0.05, 0) is 31.9 Å². The first-order chi connectivity index (χ1) is 8.28. The van der Waals surface area contributed by atoms with Gasteiger partial charge in [-0.15, -0.1) is 0 Å². The SMILES string of the molecule is CCCCc1cc2c(ccn3cc(C)nc23)[nH]1. The highest BCUT2D eigenvalue weighted by molar-refractivity contribution is 5.92. The molecule has 0 aliphatic rings. The van der Waals surface area contributed by atoms with Crippen LogP contribution in [0.5, 0.6) is 0 Å². The average molecular weight is 227 g/mol. The van der Waals surface area contributed by atoms with Crippen LogP contribution in [0, 0.1) is 6.92 Å². The highest BCUT2D eigenvalue weighted by Crippen LogP contribution is 2.21. The Labute approximate surface area is 100 Å². The van der Waals surface area contributed by atoms with Gasteiger partial charge in [0.25, 0.3) is 0 Å². The maximum atomic E-state index is 4.58. The third kappa shape index (κ3) is 1.71. The molecule has 0 aromatic carbocycles. The molecule has 0 saturated heterocycles. The predicted molar refractivity (Wildman–Crippen MR) is 70.4 cm³/mol. The molecule has 1 N–H and O–H groups in total. The van der Waals surface area contributed by atoms with Crippen LogP contribution in [-0.2, 0) is 6.42 Å². The number of hydrogen-bond donors (Lipinski definition) is 1. The Kier molecular flexibility index (Phi) is 2.39. The van der Waals surface area contributed by atoms with E-state index in [0.717, 1.165) is 17.8 Å². The fourth-order valence-corrected chi connectivity index (χ4v) is 2.33. The molecule has 0 aliphatic heterocycles. The molecule has 17 heavy (non-hydrogen) atoms. The molecule has 0 fully saturated rings. The van der Waals surface area contributed by atoms with Crippen LogP contribution in [0.4, 0.5) is 0 Å². The summed E-state index contributed by atoms with van der Waals surface area (Å²) in [6.45, 7) is 4.25. The molecule has 0 amide bonds. The van der Waals surface area contributed by atoms with Crippen LogP contribution in [0.25, 0.3) is 16.6 Å². The number of H-pyrrole nitrogens is 1. The molecular weight excluding hydrogens is 210 g/mol. The van der Waals surface area contributed by atoms with Crippen molar-refractivity contribution in [3.05, 3.63) is 35.9 Å². The molecule has 3 heterocycles. The van der Waals surface area contributed by atoms with Crippen LogP contribution in [0.3, 0.4) is 0 Å². The molecule has 88 valence electrons. The van der Waals surface area contributed by atoms with Crippen molar-refractivity contribution in [1.29, 1.82) is 0 Å². The minimum absolute atomic E-state index is 1.05. The Bertz CT molecular complexity index is 661. The van der Waals surface area contributed by atoms with Crippen molar-refractivity contribution in [3.8, 4) is 0 Å². The van der Waals surface area contributed by atoms with Gasteiger partial charge in [-0.2, -0.15) is 0 Å². The van der Waals surface area contributed by atoms with Crippen molar-refractivity contribution < 1.29 is 0 Å². The second kappa shape index (κ2) is 3.91. The zero-order chi connectivity index (χ0) is 11.8. The zero-order valence-corrected chi connectivity index (χ0v) is 10.3. The van der Waals surface area contributed by atoms with Gasteiger partial charge >= 0.3 is 0 Å². The van der Waals surface area contributed by atoms with Crippen molar-refractivity contribution in [2.24, 2.45) is 0 Å². The maximum absolute atomic E-state index is 4.58. The number of nitrogens with zero attached hydrogens (tertiary/aromatic N) is 2. The highest BCUT2D eigenvalue weighted by Gasteiger charge is 2.06. The van der Waals surface area contributed by atoms with E-state index in [0.29, 0.717) is 0 Å². The standard InChI is InChI=1S/C14H17N3/c1-3-4-5-11-8-12-13(16-11)6-7-17-9-10(2)15-14(12)17/h6-9,16H,3-5H2,1-2H3. The number of imidazole rings is 1. The van der Waals surface area contributed by atoms with Crippen molar-refractivity contribution >= 4 is 16.6 Å². The van der Waals surface area contributed by atoms with E-state index in [2.05, 4.69) is 45.8 Å². The number of rotatable bonds is 3. The molecule has 0 unspecified atom stereocenters. The molecule has 3 nitrogen and oxygen atoms in total. The van der Waals surface area contributed by atoms with E-state index < -0.39 is 0 Å². The van der Waals surface area contributed by atoms with E-state index >= 15 is 0 Å². The number of nitrogens with one attached hydrogen (secondary N) is 1. The maximum Gasteiger partial charge on any atom is 0.146 e. The zero-order valence-electron chi connectivity index (χ0n) is 10.3. The summed E-state index contributed by atoms with van der Waals surface area (Å²) < 4.78 is 2.09. The number of aromatic nitrogens is 3. The van der Waals surface area contributed by atoms with E-state index in [9.17, 15) is 0 Å². The van der Waals surface area contributed by atoms with Crippen molar-refractivity contribution in [2.75, 3.05) is 0 Å². The topological polar surface area (TPSA) is 33.1 Å². The molecule has 0 saturated carbocycles. The average Bonchev–Trinajstić information content (AvgIpc) is 2.87. The van der Waals surface area contributed by atoms with Crippen LogP contribution in [-0.4, -0.2) is 14.4 Å². The number of aryl methyl sites for hydroxylation is 2. The minimum Gasteiger partial charge on any atom is -0.358 e. The molecule has 3 rings (SSSR count). The molecule has 0 spiro atoms. The van der Waals surface area contributed by atoms with Crippen molar-refractivity contribution in [2.45, 2.75) is 33.1 Å². The van der Waals surface area contributed by atoms with Gasteiger partial charge in [-0.25, -0.2) is 4.98 Å². The summed E-state index contributed by atoms with van der Waals surface area (Å²) in [5.74, 6) is 0. The number of fused-ring (bicyclic) bond motifs is 3. The molecule has 0 bridgehead atoms. The minimum atomic E-state index is 1.05. The Balaban J connectivity index is 2.16. The van der Waals surface area contributed by atoms with Gasteiger partial charge in [0.1, 0.15) is 5.65 Å². The van der Waals surface area contributed by atoms with E-state index in [-0.39, 0.29) is 0 Å². The Hall–Kier alpha value is -1.77. The lowest BCUT2D eigenvalue weighted by Gasteiger charge is -1.93. The number of unbranched alkanes of at least 4 members (excludes halogenated alkanes) is 1. The molecule has 3 heteroatoms. The third-order valence-electron chi connectivity index (χ3n) is 3.20. The smallest absolute Gasteiger partial charge is 0.146 e. The summed E-state index contributed by atoms with van der Waals surface area (Å²) in [6, 6.07) is 4.37. The van der Waals surface area contributed by atoms with Gasteiger partial charge in [0, 0.05) is 23.5 Å². The molecular formula is C14H17N3. The van der Waals surface area contributed by atoms with Crippen molar-refractivity contribution in [3.63, 3.8) is 0 Å². The van der Waals surface area contributed by atoms with Gasteiger partial charge in [0.2, 0.25) is 0 Å². The molecule has 3 aromatic heterocycles. The Morgan fingerprint density at radius 1 is 1.41 bits per heavy atom. The summed E-state index contributed by atoms with van der Waals surface area (Å²) in [6.07, 6.45) is 7.71. The fourth-order valence-electron chi connectivity index (χ4n) is 2.33. The van der Waals surface area contributed by atoms with Gasteiger partial charge in [0.15, 0.2) is 0 Å². The largest absolute Gasteiger partial charge is 0.358 e. The fraction of sp³-hybridized carbons (Fsp3) is 0.357. The summed E-state index contributed by atoms with van der Waals surface area (Å²) in [4.78, 5) is 8.06. The molecule has 0 atom stereocenters. The summed E-state index contributed by atoms with van der Waals surface area (Å²) in [7, 11) is 0. The highest BCUT2D eigenvalue weighted by atomic mass is 15.0. The number of pyridine rings is 1. The lowest BCUT2D eigenvalue weighted by Crippen LogP contribution is -1.82. The van der Waals surface area contributed by atoms with Crippen LogP contribution >= 0.6 is 0 Å². The van der Waals surface area contributed by atoms with Crippen LogP contribution in [0.2, 0.25) is 0 Å². The van der Waals surface area contributed by atoms with Gasteiger partial charge in [-0.1, -0.05) is 13.3 Å². The van der Waals surface area contributed by atoms with Crippen LogP contribution in [0.1, 0.15) is 31.2 Å². The van der Waals surface area contributed by atoms with Crippen LogP contribution in [0.15, 0.2) is 24.5 Å². The van der Waals surface area contributed by atoms with E-state index in [1.165, 1.54) is 29.4 Å². The Morgan fingerprint density at radius 3 is 3.12 bits per heavy atom. The number of aromatic amines is 1. The van der Waals surface area contributed by atoms with Gasteiger partial charge in [-0.3, -0.25) is 0 Å². The first-order valence-electron chi connectivity index (χ1n) is 6.24. The van der Waals surface area contributed by atoms with Crippen molar-refractivity contribution in [1.82, 2.24) is 14.4 Å².